The standard InChI is InChI=1S/C6H13NO4/c7-3-1-4(9)6(10)11-5(3)2-8/h3-6,8-10H,1-2,7H2/t3-,4+,5+,6-/m0/s1. The van der Waals surface area contributed by atoms with Gasteiger partial charge in [0.15, 0.2) is 6.29 Å². The molecule has 1 rings (SSSR count). The van der Waals surface area contributed by atoms with Crippen molar-refractivity contribution in [3.8, 4) is 0 Å². The fourth-order valence-corrected chi connectivity index (χ4v) is 1.10. The molecule has 1 aliphatic rings. The van der Waals surface area contributed by atoms with Crippen molar-refractivity contribution in [1.29, 1.82) is 0 Å². The van der Waals surface area contributed by atoms with E-state index in [0.29, 0.717) is 0 Å². The lowest BCUT2D eigenvalue weighted by Crippen LogP contribution is -2.52. The third-order valence-electron chi connectivity index (χ3n) is 1.81. The summed E-state index contributed by atoms with van der Waals surface area (Å²) >= 11 is 0. The molecule has 0 radical (unpaired) electrons. The number of hydrogen-bond donors (Lipinski definition) is 4. The minimum Gasteiger partial charge on any atom is -0.394 e. The van der Waals surface area contributed by atoms with E-state index in [2.05, 4.69) is 0 Å². The van der Waals surface area contributed by atoms with E-state index < -0.39 is 24.5 Å². The molecule has 0 aromatic carbocycles. The van der Waals surface area contributed by atoms with Crippen molar-refractivity contribution >= 4 is 0 Å². The Morgan fingerprint density at radius 3 is 2.64 bits per heavy atom. The minimum atomic E-state index is -1.22. The monoisotopic (exact) mass is 163 g/mol. The number of aliphatic hydroxyl groups excluding tert-OH is 3. The summed E-state index contributed by atoms with van der Waals surface area (Å²) in [6, 6.07) is -0.404. The molecule has 0 bridgehead atoms. The Hall–Kier alpha value is -0.200. The van der Waals surface area contributed by atoms with Crippen LogP contribution in [-0.2, 0) is 4.74 Å². The summed E-state index contributed by atoms with van der Waals surface area (Å²) in [5, 5.41) is 26.7. The molecule has 0 spiro atoms. The van der Waals surface area contributed by atoms with Gasteiger partial charge in [-0.15, -0.1) is 0 Å². The van der Waals surface area contributed by atoms with E-state index in [1.54, 1.807) is 0 Å². The quantitative estimate of drug-likeness (QED) is 0.351. The summed E-state index contributed by atoms with van der Waals surface area (Å²) < 4.78 is 4.79. The van der Waals surface area contributed by atoms with Crippen molar-refractivity contribution in [1.82, 2.24) is 0 Å². The van der Waals surface area contributed by atoms with Gasteiger partial charge >= 0.3 is 0 Å². The van der Waals surface area contributed by atoms with Crippen molar-refractivity contribution in [3.63, 3.8) is 0 Å². The highest BCUT2D eigenvalue weighted by Gasteiger charge is 2.33. The van der Waals surface area contributed by atoms with Gasteiger partial charge in [-0.2, -0.15) is 0 Å². The number of aliphatic hydroxyl groups is 3. The van der Waals surface area contributed by atoms with Gasteiger partial charge in [-0.3, -0.25) is 0 Å². The minimum absolute atomic E-state index is 0.231. The van der Waals surface area contributed by atoms with Crippen molar-refractivity contribution in [2.24, 2.45) is 5.73 Å². The van der Waals surface area contributed by atoms with Gasteiger partial charge in [0.2, 0.25) is 0 Å². The first kappa shape index (κ1) is 8.89. The van der Waals surface area contributed by atoms with Gasteiger partial charge in [0, 0.05) is 6.04 Å². The second kappa shape index (κ2) is 3.46. The summed E-state index contributed by atoms with van der Waals surface area (Å²) in [5.41, 5.74) is 5.49. The fourth-order valence-electron chi connectivity index (χ4n) is 1.10. The Labute approximate surface area is 64.4 Å². The Kier molecular flexibility index (Phi) is 2.80. The first-order valence-corrected chi connectivity index (χ1v) is 3.53. The van der Waals surface area contributed by atoms with Crippen LogP contribution in [0.1, 0.15) is 6.42 Å². The molecule has 1 aliphatic heterocycles. The Morgan fingerprint density at radius 2 is 2.09 bits per heavy atom. The molecule has 5 N–H and O–H groups in total. The van der Waals surface area contributed by atoms with Gasteiger partial charge in [-0.25, -0.2) is 0 Å². The Bertz CT molecular complexity index is 132. The molecule has 0 saturated carbocycles. The summed E-state index contributed by atoms with van der Waals surface area (Å²) in [4.78, 5) is 0. The number of hydrogen-bond acceptors (Lipinski definition) is 5. The van der Waals surface area contributed by atoms with Crippen molar-refractivity contribution in [2.75, 3.05) is 6.61 Å². The van der Waals surface area contributed by atoms with Gasteiger partial charge in [-0.1, -0.05) is 0 Å². The molecule has 0 aromatic heterocycles. The lowest BCUT2D eigenvalue weighted by molar-refractivity contribution is -0.226. The van der Waals surface area contributed by atoms with Crippen LogP contribution in [0.3, 0.4) is 0 Å². The molecule has 11 heavy (non-hydrogen) atoms. The van der Waals surface area contributed by atoms with Crippen LogP contribution in [-0.4, -0.2) is 46.5 Å². The molecule has 1 heterocycles. The van der Waals surface area contributed by atoms with E-state index in [1.807, 2.05) is 0 Å². The maximum Gasteiger partial charge on any atom is 0.181 e. The van der Waals surface area contributed by atoms with Gasteiger partial charge in [-0.05, 0) is 6.42 Å². The van der Waals surface area contributed by atoms with E-state index in [0.717, 1.165) is 0 Å². The van der Waals surface area contributed by atoms with Crippen molar-refractivity contribution in [2.45, 2.75) is 31.0 Å². The third kappa shape index (κ3) is 1.88. The first-order valence-electron chi connectivity index (χ1n) is 3.53. The summed E-state index contributed by atoms with van der Waals surface area (Å²) in [6.07, 6.45) is -2.46. The molecular weight excluding hydrogens is 150 g/mol. The molecule has 0 aromatic rings. The van der Waals surface area contributed by atoms with Gasteiger partial charge in [0.05, 0.1) is 12.7 Å². The summed E-state index contributed by atoms with van der Waals surface area (Å²) in [7, 11) is 0. The maximum atomic E-state index is 9.02. The van der Waals surface area contributed by atoms with Gasteiger partial charge < -0.3 is 25.8 Å². The second-order valence-corrected chi connectivity index (χ2v) is 2.71. The molecule has 5 heteroatoms. The van der Waals surface area contributed by atoms with Crippen LogP contribution in [0.4, 0.5) is 0 Å². The topological polar surface area (TPSA) is 95.9 Å². The van der Waals surface area contributed by atoms with E-state index in [-0.39, 0.29) is 13.0 Å². The van der Waals surface area contributed by atoms with Crippen LogP contribution in [0.2, 0.25) is 0 Å². The highest BCUT2D eigenvalue weighted by molar-refractivity contribution is 4.82. The average Bonchev–Trinajstić information content (AvgIpc) is 1.97. The number of rotatable bonds is 1. The van der Waals surface area contributed by atoms with Crippen LogP contribution >= 0.6 is 0 Å². The van der Waals surface area contributed by atoms with Crippen molar-refractivity contribution < 1.29 is 20.1 Å². The normalized spacial score (nSPS) is 45.8. The van der Waals surface area contributed by atoms with E-state index in [9.17, 15) is 0 Å². The summed E-state index contributed by atoms with van der Waals surface area (Å²) in [5.74, 6) is 0. The fraction of sp³-hybridized carbons (Fsp3) is 1.00. The molecule has 0 aliphatic carbocycles. The molecular formula is C6H13NO4. The lowest BCUT2D eigenvalue weighted by atomic mass is 10.0. The largest absolute Gasteiger partial charge is 0.394 e. The van der Waals surface area contributed by atoms with E-state index in [1.165, 1.54) is 0 Å². The molecule has 0 amide bonds. The molecule has 0 unspecified atom stereocenters. The number of ether oxygens (including phenoxy) is 1. The predicted molar refractivity (Wildman–Crippen MR) is 36.6 cm³/mol. The smallest absolute Gasteiger partial charge is 0.181 e. The molecule has 1 saturated heterocycles. The van der Waals surface area contributed by atoms with Crippen LogP contribution < -0.4 is 5.73 Å². The molecule has 5 nitrogen and oxygen atoms in total. The zero-order valence-corrected chi connectivity index (χ0v) is 6.05. The van der Waals surface area contributed by atoms with Crippen molar-refractivity contribution in [3.05, 3.63) is 0 Å². The summed E-state index contributed by atoms with van der Waals surface area (Å²) in [6.45, 7) is -0.231. The first-order chi connectivity index (χ1) is 5.15. The van der Waals surface area contributed by atoms with Crippen LogP contribution in [0.5, 0.6) is 0 Å². The molecule has 66 valence electrons. The maximum absolute atomic E-state index is 9.02. The lowest BCUT2D eigenvalue weighted by Gasteiger charge is -2.34. The predicted octanol–water partition coefficient (Wildman–Crippen LogP) is -2.23. The average molecular weight is 163 g/mol. The van der Waals surface area contributed by atoms with E-state index in [4.69, 9.17) is 25.8 Å². The van der Waals surface area contributed by atoms with E-state index >= 15 is 0 Å². The van der Waals surface area contributed by atoms with Crippen LogP contribution in [0.15, 0.2) is 0 Å². The Morgan fingerprint density at radius 1 is 1.45 bits per heavy atom. The second-order valence-electron chi connectivity index (χ2n) is 2.71. The Balaban J connectivity index is 2.48. The third-order valence-corrected chi connectivity index (χ3v) is 1.81. The van der Waals surface area contributed by atoms with Crippen LogP contribution in [0, 0.1) is 0 Å². The zero-order chi connectivity index (χ0) is 8.43. The molecule has 1 fully saturated rings. The number of nitrogens with two attached hydrogens (primary N) is 1. The van der Waals surface area contributed by atoms with Gasteiger partial charge in [0.1, 0.15) is 6.10 Å². The molecule has 4 atom stereocenters. The van der Waals surface area contributed by atoms with Crippen LogP contribution in [0.25, 0.3) is 0 Å². The van der Waals surface area contributed by atoms with Gasteiger partial charge in [0.25, 0.3) is 0 Å². The highest BCUT2D eigenvalue weighted by atomic mass is 16.6. The highest BCUT2D eigenvalue weighted by Crippen LogP contribution is 2.16. The zero-order valence-electron chi connectivity index (χ0n) is 6.05. The SMILES string of the molecule is N[C@H]1C[C@@H](O)[C@@H](O)O[C@@H]1CO.